The number of carboxylic acid groups (broad SMARTS) is 1. The molecule has 0 aromatic heterocycles. The van der Waals surface area contributed by atoms with E-state index in [0.29, 0.717) is 38.6 Å². The molecule has 3 aromatic rings. The highest BCUT2D eigenvalue weighted by atomic mass is 16.6. The van der Waals surface area contributed by atoms with Crippen LogP contribution in [0.3, 0.4) is 0 Å². The summed E-state index contributed by atoms with van der Waals surface area (Å²) in [6.45, 7) is 16.7. The summed E-state index contributed by atoms with van der Waals surface area (Å²) < 4.78 is 5.50. The van der Waals surface area contributed by atoms with E-state index in [0.717, 1.165) is 16.7 Å². The van der Waals surface area contributed by atoms with Crippen LogP contribution >= 0.6 is 0 Å². The third-order valence-electron chi connectivity index (χ3n) is 14.3. The molecule has 0 bridgehead atoms. The van der Waals surface area contributed by atoms with E-state index in [1.807, 2.05) is 105 Å². The first-order valence-electron chi connectivity index (χ1n) is 29.7. The van der Waals surface area contributed by atoms with Gasteiger partial charge in [-0.1, -0.05) is 125 Å². The number of nitrogens with two attached hydrogens (primary N) is 3. The lowest BCUT2D eigenvalue weighted by Crippen LogP contribution is -2.61. The molecule has 8 amide bonds. The zero-order chi connectivity index (χ0) is 64.4. The Hall–Kier alpha value is -7.76. The summed E-state index contributed by atoms with van der Waals surface area (Å²) >= 11 is 0. The average Bonchev–Trinajstić information content (AvgIpc) is 0.850. The van der Waals surface area contributed by atoms with E-state index in [2.05, 4.69) is 42.5 Å². The number of rotatable bonds is 36. The molecule has 0 radical (unpaired) electrons. The van der Waals surface area contributed by atoms with Crippen molar-refractivity contribution in [2.75, 3.05) is 13.1 Å². The molecule has 0 unspecified atom stereocenters. The maximum Gasteiger partial charge on any atom is 0.326 e. The van der Waals surface area contributed by atoms with E-state index in [1.54, 1.807) is 34.6 Å². The number of carbonyl (C=O) groups excluding carboxylic acids is 9. The highest BCUT2D eigenvalue weighted by molar-refractivity contribution is 5.99. The van der Waals surface area contributed by atoms with E-state index in [9.17, 15) is 53.1 Å². The van der Waals surface area contributed by atoms with Gasteiger partial charge in [-0.25, -0.2) is 4.79 Å². The van der Waals surface area contributed by atoms with Crippen LogP contribution in [0.5, 0.6) is 0 Å². The van der Waals surface area contributed by atoms with Gasteiger partial charge in [-0.15, -0.1) is 0 Å². The van der Waals surface area contributed by atoms with Crippen molar-refractivity contribution in [3.8, 4) is 0 Å². The van der Waals surface area contributed by atoms with Gasteiger partial charge in [-0.05, 0) is 135 Å². The number of aliphatic carboxylic acids is 1. The van der Waals surface area contributed by atoms with Crippen molar-refractivity contribution >= 4 is 59.2 Å². The topological polar surface area (TPSA) is 374 Å². The van der Waals surface area contributed by atoms with E-state index in [-0.39, 0.29) is 44.6 Å². The smallest absolute Gasteiger partial charge is 0.326 e. The molecule has 0 heterocycles. The maximum atomic E-state index is 14.5. The van der Waals surface area contributed by atoms with Crippen LogP contribution in [-0.2, 0) is 58.2 Å². The normalized spacial score (nSPS) is 14.5. The average molecular weight is 1200 g/mol. The Bertz CT molecular complexity index is 2600. The fraction of sp³-hybridized carbons (Fsp3) is 0.556. The Labute approximate surface area is 506 Å². The molecule has 0 saturated heterocycles. The zero-order valence-corrected chi connectivity index (χ0v) is 51.7. The number of amides is 8. The van der Waals surface area contributed by atoms with Crippen molar-refractivity contribution in [1.82, 2.24) is 42.5 Å². The molecule has 3 aromatic carbocycles. The molecule has 3 rings (SSSR count). The standard InChI is InChI=1S/C63H95N11O12/c1-11-40(4)52(73-55(79)45(31-21-23-35-64)69-57(81)49(38-51(76)86-61(6,7)8)71-56(80)48(37-39(2)3)72-60(85)62(9,10)66)58(82)67-41(5)53(77)68-46(54(78)70-47(59(83)84)32-22-24-36-65)33-34-50(75)74-63(42-25-15-12-16-26-42,43-27-17-13-18-28-43)44-29-19-14-20-30-44/h12-20,25-30,39-41,45-49,52H,11,21-24,31-38,64-66H2,1-10H3,(H,67,82)(H,68,77)(H,69,81)(H,70,78)(H,71,80)(H,72,85)(H,73,79)(H,74,75)(H,83,84)/t40-,41-,45-,46-,47-,48-,49-,52-/m0/s1. The fourth-order valence-corrected chi connectivity index (χ4v) is 9.35. The minimum atomic E-state index is -1.62. The largest absolute Gasteiger partial charge is 0.480 e. The number of unbranched alkanes of at least 4 members (excludes halogenated alkanes) is 2. The van der Waals surface area contributed by atoms with Gasteiger partial charge in [0.2, 0.25) is 47.3 Å². The second kappa shape index (κ2) is 35.0. The Morgan fingerprint density at radius 2 is 0.953 bits per heavy atom. The van der Waals surface area contributed by atoms with E-state index < -0.39 is 131 Å². The molecule has 0 aliphatic heterocycles. The van der Waals surface area contributed by atoms with Crippen molar-refractivity contribution in [2.24, 2.45) is 29.0 Å². The summed E-state index contributed by atoms with van der Waals surface area (Å²) in [5.74, 6) is -9.23. The molecule has 8 atom stereocenters. The molecule has 474 valence electrons. The molecule has 0 fully saturated rings. The predicted molar refractivity (Wildman–Crippen MR) is 327 cm³/mol. The van der Waals surface area contributed by atoms with Crippen molar-refractivity contribution in [3.05, 3.63) is 108 Å². The summed E-state index contributed by atoms with van der Waals surface area (Å²) in [6, 6.07) is 18.2. The molecule has 0 spiro atoms. The summed E-state index contributed by atoms with van der Waals surface area (Å²) in [7, 11) is 0. The SMILES string of the molecule is CC[C@H](C)[C@H](NC(=O)[C@H](CCCCN)NC(=O)[C@H](CC(=O)OC(C)(C)C)NC(=O)[C@H](CC(C)C)NC(=O)C(C)(C)N)C(=O)N[C@@H](C)C(=O)N[C@@H](CCC(=O)NC(c1ccccc1)(c1ccccc1)c1ccccc1)C(=O)N[C@@H](CCCCN)C(=O)O. The van der Waals surface area contributed by atoms with Crippen molar-refractivity contribution in [3.63, 3.8) is 0 Å². The first-order valence-corrected chi connectivity index (χ1v) is 29.7. The zero-order valence-electron chi connectivity index (χ0n) is 51.7. The Morgan fingerprint density at radius 1 is 0.523 bits per heavy atom. The van der Waals surface area contributed by atoms with Crippen LogP contribution in [0.1, 0.15) is 157 Å². The molecule has 23 nitrogen and oxygen atoms in total. The summed E-state index contributed by atoms with van der Waals surface area (Å²) in [5, 5.41) is 31.7. The maximum absolute atomic E-state index is 14.5. The van der Waals surface area contributed by atoms with Gasteiger partial charge in [0, 0.05) is 6.42 Å². The van der Waals surface area contributed by atoms with Crippen LogP contribution in [0.15, 0.2) is 91.0 Å². The van der Waals surface area contributed by atoms with E-state index in [4.69, 9.17) is 21.9 Å². The lowest BCUT2D eigenvalue weighted by Gasteiger charge is -2.37. The van der Waals surface area contributed by atoms with Crippen LogP contribution < -0.4 is 59.7 Å². The minimum absolute atomic E-state index is 0.00384. The van der Waals surface area contributed by atoms with Gasteiger partial charge in [-0.2, -0.15) is 0 Å². The number of carbonyl (C=O) groups is 10. The van der Waals surface area contributed by atoms with E-state index in [1.165, 1.54) is 20.8 Å². The Kier molecular flexibility index (Phi) is 29.5. The second-order valence-electron chi connectivity index (χ2n) is 23.9. The second-order valence-corrected chi connectivity index (χ2v) is 23.9. The van der Waals surface area contributed by atoms with Crippen LogP contribution in [0.25, 0.3) is 0 Å². The van der Waals surface area contributed by atoms with Gasteiger partial charge in [0.15, 0.2) is 0 Å². The van der Waals surface area contributed by atoms with Gasteiger partial charge in [0.1, 0.15) is 53.4 Å². The number of nitrogens with one attached hydrogen (secondary N) is 8. The molecule has 0 aliphatic rings. The van der Waals surface area contributed by atoms with Crippen LogP contribution in [0.2, 0.25) is 0 Å². The number of benzene rings is 3. The molecule has 0 aliphatic carbocycles. The minimum Gasteiger partial charge on any atom is -0.480 e. The van der Waals surface area contributed by atoms with E-state index >= 15 is 0 Å². The highest BCUT2D eigenvalue weighted by Crippen LogP contribution is 2.37. The van der Waals surface area contributed by atoms with Gasteiger partial charge >= 0.3 is 11.9 Å². The van der Waals surface area contributed by atoms with Crippen molar-refractivity contribution in [2.45, 2.75) is 199 Å². The number of esters is 1. The van der Waals surface area contributed by atoms with Crippen LogP contribution in [0.4, 0.5) is 0 Å². The van der Waals surface area contributed by atoms with Gasteiger partial charge in [0.05, 0.1) is 12.0 Å². The lowest BCUT2D eigenvalue weighted by atomic mass is 9.77. The Balaban J connectivity index is 1.96. The number of carboxylic acids is 1. The van der Waals surface area contributed by atoms with Crippen LogP contribution in [0, 0.1) is 11.8 Å². The highest BCUT2D eigenvalue weighted by Gasteiger charge is 2.40. The molecule has 15 N–H and O–H groups in total. The first-order chi connectivity index (χ1) is 40.5. The third kappa shape index (κ3) is 23.6. The molecule has 86 heavy (non-hydrogen) atoms. The number of ether oxygens (including phenoxy) is 1. The van der Waals surface area contributed by atoms with Gasteiger partial charge < -0.3 is 69.6 Å². The number of hydrogen-bond acceptors (Lipinski definition) is 14. The summed E-state index contributed by atoms with van der Waals surface area (Å²) in [6.07, 6.45) is 0.759. The lowest BCUT2D eigenvalue weighted by molar-refractivity contribution is -0.156. The third-order valence-corrected chi connectivity index (χ3v) is 14.3. The van der Waals surface area contributed by atoms with Gasteiger partial charge in [-0.3, -0.25) is 43.2 Å². The van der Waals surface area contributed by atoms with Crippen molar-refractivity contribution < 1.29 is 57.8 Å². The monoisotopic (exact) mass is 1200 g/mol. The van der Waals surface area contributed by atoms with Crippen molar-refractivity contribution in [1.29, 1.82) is 0 Å². The Morgan fingerprint density at radius 3 is 1.41 bits per heavy atom. The number of hydrogen-bond donors (Lipinski definition) is 12. The van der Waals surface area contributed by atoms with Gasteiger partial charge in [0.25, 0.3) is 0 Å². The molecular weight excluding hydrogens is 1100 g/mol. The van der Waals surface area contributed by atoms with Crippen LogP contribution in [-0.4, -0.2) is 131 Å². The molecular formula is C63H95N11O12. The fourth-order valence-electron chi connectivity index (χ4n) is 9.35. The molecule has 0 saturated carbocycles. The quantitative estimate of drug-likeness (QED) is 0.0226. The summed E-state index contributed by atoms with van der Waals surface area (Å²) in [4.78, 5) is 139. The summed E-state index contributed by atoms with van der Waals surface area (Å²) in [5.41, 5.74) is 16.1. The first kappa shape index (κ1) is 72.5. The predicted octanol–water partition coefficient (Wildman–Crippen LogP) is 3.19. The molecule has 23 heteroatoms.